The number of likely N-dealkylation sites (N-methyl/N-ethyl adjacent to an activating group) is 3. The van der Waals surface area contributed by atoms with Gasteiger partial charge < -0.3 is 55.3 Å². The third kappa shape index (κ3) is 10.9. The number of aliphatic hydroxyl groups excluding tert-OH is 1. The van der Waals surface area contributed by atoms with Gasteiger partial charge in [0.1, 0.15) is 47.8 Å². The zero-order chi connectivity index (χ0) is 44.5. The fourth-order valence-corrected chi connectivity index (χ4v) is 7.13. The SMILES string of the molecule is COc1ccc(C[C@H]2C(=O)N[C@@H](C)C(=O)N(C)[C@H]3Cc4ccc(cc4)Oc4cc(ccc4OC)C[C@@H](C(=O)N[C@H](C)C(=O)NCC(=O)N[C@@H](CO)C(=O)N2C)N(C)C3=O)cc1. The fourth-order valence-electron chi connectivity index (χ4n) is 7.13. The topological polar surface area (TPSA) is 225 Å². The minimum Gasteiger partial charge on any atom is -0.497 e. The Bertz CT molecular complexity index is 2110. The van der Waals surface area contributed by atoms with Gasteiger partial charge in [-0.15, -0.1) is 0 Å². The van der Waals surface area contributed by atoms with Crippen molar-refractivity contribution in [3.8, 4) is 23.0 Å². The number of aliphatic hydroxyl groups is 1. The molecule has 3 aliphatic heterocycles. The Morgan fingerprint density at radius 3 is 1.93 bits per heavy atom. The van der Waals surface area contributed by atoms with Crippen LogP contribution in [0, 0.1) is 0 Å². The molecule has 0 aromatic heterocycles. The van der Waals surface area contributed by atoms with Crippen LogP contribution in [0.1, 0.15) is 30.5 Å². The second kappa shape index (κ2) is 20.0. The highest BCUT2D eigenvalue weighted by Crippen LogP contribution is 2.34. The second-order valence-electron chi connectivity index (χ2n) is 15.1. The Kier molecular flexibility index (Phi) is 14.9. The molecule has 1 saturated heterocycles. The first-order chi connectivity index (χ1) is 29.0. The number of nitrogens with zero attached hydrogens (tertiary/aromatic N) is 3. The molecule has 6 bridgehead atoms. The number of nitrogens with one attached hydrogen (secondary N) is 4. The summed E-state index contributed by atoms with van der Waals surface area (Å²) in [5.41, 5.74) is 1.84. The summed E-state index contributed by atoms with van der Waals surface area (Å²) in [6.07, 6.45) is -0.104. The number of amides is 7. The van der Waals surface area contributed by atoms with E-state index in [1.165, 1.54) is 59.0 Å². The number of hydrogen-bond donors (Lipinski definition) is 5. The van der Waals surface area contributed by atoms with E-state index in [1.54, 1.807) is 66.7 Å². The van der Waals surface area contributed by atoms with E-state index in [9.17, 15) is 38.7 Å². The molecule has 6 atom stereocenters. The van der Waals surface area contributed by atoms with Gasteiger partial charge in [-0.1, -0.05) is 30.3 Å². The van der Waals surface area contributed by atoms with Gasteiger partial charge in [0.25, 0.3) is 0 Å². The van der Waals surface area contributed by atoms with Crippen molar-refractivity contribution in [3.05, 3.63) is 83.4 Å². The van der Waals surface area contributed by atoms with E-state index in [0.29, 0.717) is 39.7 Å². The van der Waals surface area contributed by atoms with Crippen molar-refractivity contribution in [3.63, 3.8) is 0 Å². The second-order valence-corrected chi connectivity index (χ2v) is 15.1. The average molecular weight is 844 g/mol. The molecule has 18 nitrogen and oxygen atoms in total. The number of ether oxygens (including phenoxy) is 3. The molecule has 3 aromatic rings. The van der Waals surface area contributed by atoms with Crippen molar-refractivity contribution in [1.29, 1.82) is 0 Å². The number of carbonyl (C=O) groups is 7. The highest BCUT2D eigenvalue weighted by molar-refractivity contribution is 5.98. The van der Waals surface area contributed by atoms with Crippen molar-refractivity contribution in [2.45, 2.75) is 69.4 Å². The first-order valence-electron chi connectivity index (χ1n) is 19.7. The molecule has 18 heteroatoms. The molecule has 3 aliphatic rings. The quantitative estimate of drug-likeness (QED) is 0.229. The maximum atomic E-state index is 14.8. The third-order valence-electron chi connectivity index (χ3n) is 10.9. The summed E-state index contributed by atoms with van der Waals surface area (Å²) in [7, 11) is 7.17. The summed E-state index contributed by atoms with van der Waals surface area (Å²) in [6, 6.07) is 11.1. The maximum absolute atomic E-state index is 14.8. The van der Waals surface area contributed by atoms with Crippen molar-refractivity contribution in [1.82, 2.24) is 36.0 Å². The predicted octanol–water partition coefficient (Wildman–Crippen LogP) is -0.0653. The minimum absolute atomic E-state index is 0.00493. The number of fused-ring (bicyclic) bond motifs is 2. The van der Waals surface area contributed by atoms with Crippen LogP contribution < -0.4 is 35.5 Å². The lowest BCUT2D eigenvalue weighted by Crippen LogP contribution is -2.60. The first-order valence-corrected chi connectivity index (χ1v) is 19.7. The monoisotopic (exact) mass is 843 g/mol. The van der Waals surface area contributed by atoms with Gasteiger partial charge in [-0.05, 0) is 66.9 Å². The highest BCUT2D eigenvalue weighted by atomic mass is 16.5. The molecule has 6 rings (SSSR count). The molecule has 3 aromatic carbocycles. The molecule has 0 aliphatic carbocycles. The van der Waals surface area contributed by atoms with Crippen LogP contribution in [0.4, 0.5) is 0 Å². The molecule has 3 heterocycles. The molecule has 1 fully saturated rings. The molecule has 0 radical (unpaired) electrons. The Hall–Kier alpha value is -6.69. The number of methoxy groups -OCH3 is 2. The molecular formula is C43H53N7O11. The Morgan fingerprint density at radius 1 is 0.672 bits per heavy atom. The van der Waals surface area contributed by atoms with Crippen molar-refractivity contribution >= 4 is 41.4 Å². The van der Waals surface area contributed by atoms with Crippen molar-refractivity contribution in [2.75, 3.05) is 48.5 Å². The van der Waals surface area contributed by atoms with E-state index in [1.807, 2.05) is 0 Å². The summed E-state index contributed by atoms with van der Waals surface area (Å²) in [5.74, 6) is -3.36. The van der Waals surface area contributed by atoms with Gasteiger partial charge >= 0.3 is 0 Å². The van der Waals surface area contributed by atoms with E-state index in [4.69, 9.17) is 14.2 Å². The molecule has 0 spiro atoms. The Labute approximate surface area is 353 Å². The number of benzene rings is 3. The summed E-state index contributed by atoms with van der Waals surface area (Å²) in [6.45, 7) is 1.36. The van der Waals surface area contributed by atoms with Gasteiger partial charge in [0.05, 0.1) is 27.4 Å². The van der Waals surface area contributed by atoms with Gasteiger partial charge in [-0.25, -0.2) is 0 Å². The summed E-state index contributed by atoms with van der Waals surface area (Å²) < 4.78 is 17.0. The molecule has 326 valence electrons. The van der Waals surface area contributed by atoms with Gasteiger partial charge in [0.15, 0.2) is 11.5 Å². The van der Waals surface area contributed by atoms with Crippen LogP contribution in [-0.4, -0.2) is 146 Å². The van der Waals surface area contributed by atoms with Crippen LogP contribution in [0.15, 0.2) is 66.7 Å². The Balaban J connectivity index is 1.57. The van der Waals surface area contributed by atoms with E-state index < -0.39 is 90.8 Å². The van der Waals surface area contributed by atoms with Crippen molar-refractivity contribution < 1.29 is 52.9 Å². The van der Waals surface area contributed by atoms with Crippen LogP contribution in [0.25, 0.3) is 0 Å². The van der Waals surface area contributed by atoms with Crippen LogP contribution in [-0.2, 0) is 52.8 Å². The summed E-state index contributed by atoms with van der Waals surface area (Å²) in [4.78, 5) is 101. The standard InChI is InChI=1S/C43H53N7O11/c1-24-38(53)44-22-37(52)47-31(23-51)42(57)48(3)32(18-26-8-13-29(59-6)14-9-26)40(55)46-25(2)41(56)50(5)34-19-27-10-15-30(16-11-27)61-36-21-28(12-17-35(36)60-7)20-33(39(54)45-24)49(4)43(34)58/h8-17,21,24-25,31-34,51H,18-20,22-23H2,1-7H3,(H,44,53)(H,45,54)(H,46,55)(H,47,52)/t24-,25+,31+,32+,33+,34+/m1/s1. The summed E-state index contributed by atoms with van der Waals surface area (Å²) >= 11 is 0. The van der Waals surface area contributed by atoms with E-state index in [2.05, 4.69) is 21.3 Å². The molecule has 61 heavy (non-hydrogen) atoms. The van der Waals surface area contributed by atoms with E-state index >= 15 is 0 Å². The van der Waals surface area contributed by atoms with Crippen LogP contribution >= 0.6 is 0 Å². The number of rotatable bonds is 5. The first kappa shape index (κ1) is 45.4. The van der Waals surface area contributed by atoms with Gasteiger partial charge in [0, 0.05) is 40.4 Å². The highest BCUT2D eigenvalue weighted by Gasteiger charge is 2.39. The van der Waals surface area contributed by atoms with Crippen LogP contribution in [0.3, 0.4) is 0 Å². The van der Waals surface area contributed by atoms with Crippen molar-refractivity contribution in [2.24, 2.45) is 0 Å². The lowest BCUT2D eigenvalue weighted by atomic mass is 9.99. The normalized spacial score (nSPS) is 23.8. The van der Waals surface area contributed by atoms with Gasteiger partial charge in [-0.3, -0.25) is 33.6 Å². The number of hydrogen-bond acceptors (Lipinski definition) is 11. The van der Waals surface area contributed by atoms with Crippen LogP contribution in [0.2, 0.25) is 0 Å². The zero-order valence-electron chi connectivity index (χ0n) is 35.2. The lowest BCUT2D eigenvalue weighted by Gasteiger charge is -2.36. The Morgan fingerprint density at radius 2 is 1.30 bits per heavy atom. The molecule has 7 amide bonds. The third-order valence-corrected chi connectivity index (χ3v) is 10.9. The molecular weight excluding hydrogens is 791 g/mol. The van der Waals surface area contributed by atoms with E-state index in [-0.39, 0.29) is 19.3 Å². The van der Waals surface area contributed by atoms with Gasteiger partial charge in [-0.2, -0.15) is 0 Å². The smallest absolute Gasteiger partial charge is 0.247 e. The average Bonchev–Trinajstić information content (AvgIpc) is 3.26. The van der Waals surface area contributed by atoms with Gasteiger partial charge in [0.2, 0.25) is 41.4 Å². The molecule has 0 unspecified atom stereocenters. The predicted molar refractivity (Wildman–Crippen MR) is 221 cm³/mol. The molecule has 0 saturated carbocycles. The fraction of sp³-hybridized carbons (Fsp3) is 0.419. The lowest BCUT2D eigenvalue weighted by molar-refractivity contribution is -0.149. The van der Waals surface area contributed by atoms with Crippen LogP contribution in [0.5, 0.6) is 23.0 Å². The largest absolute Gasteiger partial charge is 0.497 e. The summed E-state index contributed by atoms with van der Waals surface area (Å²) in [5, 5.41) is 20.4. The zero-order valence-corrected chi connectivity index (χ0v) is 35.2. The minimum atomic E-state index is -1.52. The maximum Gasteiger partial charge on any atom is 0.247 e. The molecule has 5 N–H and O–H groups in total. The van der Waals surface area contributed by atoms with E-state index in [0.717, 1.165) is 4.90 Å². The number of carbonyl (C=O) groups excluding carboxylic acids is 7.